The molecule has 0 amide bonds. The Balaban J connectivity index is 1.47. The van der Waals surface area contributed by atoms with Gasteiger partial charge in [-0.25, -0.2) is 0 Å². The standard InChI is InChI=1S/C30H46O4/c1-18-9-12-28(24(31)32)14-13-26(5)20(23(28)19(18)2)7-8-22-27(26,6)11-10-21-25(3,4)30(33)16-15-29(21,22)17-34-30/h7,18-19,21-23,33H,8-17H2,1-6H3,(H,31,32)/t18-,19+,21+,22+,23?,26-,27-,28+,29-,30?/m1/s1. The molecule has 5 aliphatic carbocycles. The zero-order valence-corrected chi connectivity index (χ0v) is 22.2. The van der Waals surface area contributed by atoms with Crippen LogP contribution in [0.5, 0.6) is 0 Å². The Morgan fingerprint density at radius 1 is 0.971 bits per heavy atom. The van der Waals surface area contributed by atoms with E-state index in [1.807, 2.05) is 0 Å². The van der Waals surface area contributed by atoms with E-state index in [0.717, 1.165) is 51.4 Å². The molecular weight excluding hydrogens is 424 g/mol. The van der Waals surface area contributed by atoms with Gasteiger partial charge in [-0.3, -0.25) is 4.79 Å². The van der Waals surface area contributed by atoms with E-state index in [1.165, 1.54) is 12.0 Å². The van der Waals surface area contributed by atoms with Crippen LogP contribution in [-0.2, 0) is 9.53 Å². The number of carboxylic acids is 1. The average Bonchev–Trinajstić information content (AvgIpc) is 2.77. The summed E-state index contributed by atoms with van der Waals surface area (Å²) < 4.78 is 6.32. The Labute approximate surface area is 205 Å². The molecule has 0 aromatic heterocycles. The summed E-state index contributed by atoms with van der Waals surface area (Å²) >= 11 is 0. The summed E-state index contributed by atoms with van der Waals surface area (Å²) in [5.41, 5.74) is 1.00. The van der Waals surface area contributed by atoms with Gasteiger partial charge in [0, 0.05) is 17.3 Å². The Morgan fingerprint density at radius 3 is 2.35 bits per heavy atom. The Hall–Kier alpha value is -0.870. The smallest absolute Gasteiger partial charge is 0.310 e. The van der Waals surface area contributed by atoms with Crippen LogP contribution in [0.25, 0.3) is 0 Å². The third-order valence-corrected chi connectivity index (χ3v) is 13.9. The van der Waals surface area contributed by atoms with Crippen molar-refractivity contribution >= 4 is 5.97 Å². The molecule has 190 valence electrons. The molecular formula is C30H46O4. The minimum Gasteiger partial charge on any atom is -0.481 e. The van der Waals surface area contributed by atoms with Crippen LogP contribution < -0.4 is 0 Å². The zero-order chi connectivity index (χ0) is 24.5. The third-order valence-electron chi connectivity index (χ3n) is 13.9. The Morgan fingerprint density at radius 2 is 1.71 bits per heavy atom. The molecule has 2 bridgehead atoms. The monoisotopic (exact) mass is 470 g/mol. The summed E-state index contributed by atoms with van der Waals surface area (Å²) in [5, 5.41) is 21.9. The highest BCUT2D eigenvalue weighted by atomic mass is 16.6. The van der Waals surface area contributed by atoms with Crippen molar-refractivity contribution in [2.75, 3.05) is 6.61 Å². The molecule has 4 nitrogen and oxygen atoms in total. The first-order valence-electron chi connectivity index (χ1n) is 14.1. The molecule has 2 heterocycles. The number of carboxylic acid groups (broad SMARTS) is 1. The number of carbonyl (C=O) groups is 1. The van der Waals surface area contributed by atoms with Crippen molar-refractivity contribution in [3.05, 3.63) is 11.6 Å². The maximum atomic E-state index is 12.8. The molecule has 7 rings (SSSR count). The third kappa shape index (κ3) is 2.37. The van der Waals surface area contributed by atoms with E-state index < -0.39 is 17.2 Å². The number of hydrogen-bond acceptors (Lipinski definition) is 3. The van der Waals surface area contributed by atoms with E-state index in [-0.39, 0.29) is 27.6 Å². The van der Waals surface area contributed by atoms with Crippen LogP contribution in [0.1, 0.15) is 99.3 Å². The quantitative estimate of drug-likeness (QED) is 0.434. The lowest BCUT2D eigenvalue weighted by atomic mass is 9.32. The van der Waals surface area contributed by atoms with E-state index in [2.05, 4.69) is 47.6 Å². The van der Waals surface area contributed by atoms with E-state index in [9.17, 15) is 15.0 Å². The van der Waals surface area contributed by atoms with Crippen LogP contribution in [0, 0.1) is 56.7 Å². The largest absolute Gasteiger partial charge is 0.481 e. The topological polar surface area (TPSA) is 66.8 Å². The van der Waals surface area contributed by atoms with Crippen LogP contribution in [0.2, 0.25) is 0 Å². The second kappa shape index (κ2) is 6.71. The molecule has 34 heavy (non-hydrogen) atoms. The normalized spacial score (nSPS) is 57.5. The van der Waals surface area contributed by atoms with Crippen molar-refractivity contribution in [1.82, 2.24) is 0 Å². The minimum absolute atomic E-state index is 0.0416. The fourth-order valence-corrected chi connectivity index (χ4v) is 11.3. The predicted molar refractivity (Wildman–Crippen MR) is 132 cm³/mol. The van der Waals surface area contributed by atoms with Gasteiger partial charge in [0.25, 0.3) is 0 Å². The lowest BCUT2D eigenvalue weighted by Gasteiger charge is -2.74. The van der Waals surface area contributed by atoms with Gasteiger partial charge in [-0.2, -0.15) is 0 Å². The van der Waals surface area contributed by atoms with Crippen molar-refractivity contribution in [2.24, 2.45) is 56.7 Å². The molecule has 4 saturated carbocycles. The van der Waals surface area contributed by atoms with Gasteiger partial charge >= 0.3 is 5.97 Å². The number of fused-ring (bicyclic) bond motifs is 7. The molecule has 2 N–H and O–H groups in total. The van der Waals surface area contributed by atoms with Gasteiger partial charge in [-0.15, -0.1) is 0 Å². The van der Waals surface area contributed by atoms with Gasteiger partial charge in [0.15, 0.2) is 5.79 Å². The summed E-state index contributed by atoms with van der Waals surface area (Å²) in [7, 11) is 0. The van der Waals surface area contributed by atoms with Gasteiger partial charge in [0.05, 0.1) is 12.0 Å². The van der Waals surface area contributed by atoms with E-state index in [0.29, 0.717) is 30.3 Å². The van der Waals surface area contributed by atoms with E-state index in [4.69, 9.17) is 4.74 Å². The first-order valence-corrected chi connectivity index (χ1v) is 14.1. The van der Waals surface area contributed by atoms with Gasteiger partial charge in [0.1, 0.15) is 0 Å². The highest BCUT2D eigenvalue weighted by Gasteiger charge is 2.74. The summed E-state index contributed by atoms with van der Waals surface area (Å²) in [6.07, 6.45) is 11.4. The SMILES string of the molecule is C[C@@H]1CC[C@]2(C(=O)O)CC[C@]3(C)C(=CC[C@@H]4[C@]56CCC(O)(OC5)C(C)(C)[C@@H]6CC[C@]43C)C2[C@H]1C. The molecule has 2 saturated heterocycles. The molecule has 0 aromatic rings. The summed E-state index contributed by atoms with van der Waals surface area (Å²) in [6, 6.07) is 0. The molecule has 2 aliphatic heterocycles. The molecule has 1 spiro atoms. The van der Waals surface area contributed by atoms with Crippen LogP contribution in [0.3, 0.4) is 0 Å². The van der Waals surface area contributed by atoms with Gasteiger partial charge in [-0.05, 0) is 91.8 Å². The molecule has 10 atom stereocenters. The molecule has 4 heteroatoms. The highest BCUT2D eigenvalue weighted by molar-refractivity contribution is 5.76. The maximum Gasteiger partial charge on any atom is 0.310 e. The Bertz CT molecular complexity index is 941. The van der Waals surface area contributed by atoms with Crippen molar-refractivity contribution in [1.29, 1.82) is 0 Å². The van der Waals surface area contributed by atoms with Crippen LogP contribution in [0.4, 0.5) is 0 Å². The lowest BCUT2D eigenvalue weighted by molar-refractivity contribution is -0.395. The first-order chi connectivity index (χ1) is 15.8. The van der Waals surface area contributed by atoms with Gasteiger partial charge in [0.2, 0.25) is 0 Å². The highest BCUT2D eigenvalue weighted by Crippen LogP contribution is 2.77. The number of ether oxygens (including phenoxy) is 1. The molecule has 2 unspecified atom stereocenters. The number of rotatable bonds is 1. The molecule has 0 radical (unpaired) electrons. The van der Waals surface area contributed by atoms with Crippen molar-refractivity contribution < 1.29 is 19.7 Å². The lowest BCUT2D eigenvalue weighted by Crippen LogP contribution is -2.73. The van der Waals surface area contributed by atoms with Crippen LogP contribution >= 0.6 is 0 Å². The van der Waals surface area contributed by atoms with E-state index in [1.54, 1.807) is 0 Å². The van der Waals surface area contributed by atoms with Crippen molar-refractivity contribution in [3.63, 3.8) is 0 Å². The Kier molecular flexibility index (Phi) is 4.64. The second-order valence-corrected chi connectivity index (χ2v) is 14.6. The number of hydrogen-bond donors (Lipinski definition) is 2. The van der Waals surface area contributed by atoms with Crippen molar-refractivity contribution in [2.45, 2.75) is 105 Å². The average molecular weight is 471 g/mol. The fraction of sp³-hybridized carbons (Fsp3) is 0.900. The van der Waals surface area contributed by atoms with Crippen LogP contribution in [0.15, 0.2) is 11.6 Å². The van der Waals surface area contributed by atoms with Gasteiger partial charge < -0.3 is 14.9 Å². The maximum absolute atomic E-state index is 12.8. The van der Waals surface area contributed by atoms with Gasteiger partial charge in [-0.1, -0.05) is 53.2 Å². The summed E-state index contributed by atoms with van der Waals surface area (Å²) in [5.74, 6) is 0.631. The molecule has 6 fully saturated rings. The summed E-state index contributed by atoms with van der Waals surface area (Å²) in [4.78, 5) is 12.8. The zero-order valence-electron chi connectivity index (χ0n) is 22.2. The number of aliphatic hydroxyl groups is 1. The summed E-state index contributed by atoms with van der Waals surface area (Å²) in [6.45, 7) is 14.9. The predicted octanol–water partition coefficient (Wildman–Crippen LogP) is 6.43. The first kappa shape index (κ1) is 23.5. The number of aliphatic carboxylic acids is 1. The molecule has 0 aromatic carbocycles. The van der Waals surface area contributed by atoms with Crippen LogP contribution in [-0.4, -0.2) is 28.6 Å². The fourth-order valence-electron chi connectivity index (χ4n) is 11.3. The second-order valence-electron chi connectivity index (χ2n) is 14.6. The minimum atomic E-state index is -0.980. The van der Waals surface area contributed by atoms with E-state index >= 15 is 0 Å². The number of allylic oxidation sites excluding steroid dienone is 2. The molecule has 7 aliphatic rings. The van der Waals surface area contributed by atoms with Crippen molar-refractivity contribution in [3.8, 4) is 0 Å².